The van der Waals surface area contributed by atoms with Gasteiger partial charge in [0.1, 0.15) is 0 Å². The third-order valence-electron chi connectivity index (χ3n) is 1.32. The Kier molecular flexibility index (Phi) is 8.34. The van der Waals surface area contributed by atoms with Gasteiger partial charge in [0.25, 0.3) is 0 Å². The second-order valence-corrected chi connectivity index (χ2v) is 2.88. The molecule has 0 bridgehead atoms. The molecule has 1 heterocycles. The van der Waals surface area contributed by atoms with Crippen molar-refractivity contribution in [2.24, 2.45) is 0 Å². The number of hydrogen-bond acceptors (Lipinski definition) is 2. The Labute approximate surface area is 100 Å². The first-order valence-electron chi connectivity index (χ1n) is 3.98. The fourth-order valence-electron chi connectivity index (χ4n) is 0.741. The molecule has 3 heteroatoms. The van der Waals surface area contributed by atoms with Gasteiger partial charge in [-0.1, -0.05) is 24.3 Å². The quantitative estimate of drug-likeness (QED) is 0.562. The van der Waals surface area contributed by atoms with Crippen LogP contribution in [0.1, 0.15) is 0 Å². The van der Waals surface area contributed by atoms with Crippen LogP contribution >= 0.6 is 12.6 Å². The molecular formula is C11H11CuNS. The van der Waals surface area contributed by atoms with Gasteiger partial charge in [-0.15, -0.1) is 12.6 Å². The molecular weight excluding hydrogens is 242 g/mol. The molecule has 1 nitrogen and oxygen atoms in total. The summed E-state index contributed by atoms with van der Waals surface area (Å²) >= 11 is 4.08. The standard InChI is InChI=1S/C6H6S.C5H5N.Cu/c7-6-4-2-1-3-5-6;1-2-4-6-5-3-1;/h1-5,7H;1-5H;. The third kappa shape index (κ3) is 6.72. The van der Waals surface area contributed by atoms with Crippen LogP contribution in [0, 0.1) is 0 Å². The van der Waals surface area contributed by atoms with Crippen molar-refractivity contribution in [2.45, 2.75) is 4.90 Å². The van der Waals surface area contributed by atoms with Crippen molar-refractivity contribution in [1.29, 1.82) is 0 Å². The van der Waals surface area contributed by atoms with E-state index in [1.54, 1.807) is 12.4 Å². The molecule has 1 aromatic carbocycles. The zero-order valence-electron chi connectivity index (χ0n) is 7.47. The molecule has 2 aromatic rings. The maximum Gasteiger partial charge on any atom is 0.0267 e. The largest absolute Gasteiger partial charge is 0.265 e. The van der Waals surface area contributed by atoms with Gasteiger partial charge >= 0.3 is 0 Å². The summed E-state index contributed by atoms with van der Waals surface area (Å²) in [5.74, 6) is 0. The van der Waals surface area contributed by atoms with Crippen molar-refractivity contribution < 1.29 is 17.1 Å². The molecule has 0 atom stereocenters. The fourth-order valence-corrected chi connectivity index (χ4v) is 0.913. The van der Waals surface area contributed by atoms with Gasteiger partial charge in [0, 0.05) is 34.4 Å². The van der Waals surface area contributed by atoms with Crippen molar-refractivity contribution in [3.05, 3.63) is 60.9 Å². The molecule has 0 spiro atoms. The van der Waals surface area contributed by atoms with E-state index in [1.165, 1.54) is 0 Å². The van der Waals surface area contributed by atoms with E-state index >= 15 is 0 Å². The number of hydrogen-bond donors (Lipinski definition) is 1. The van der Waals surface area contributed by atoms with E-state index in [0.717, 1.165) is 4.90 Å². The summed E-state index contributed by atoms with van der Waals surface area (Å²) in [6.07, 6.45) is 3.50. The van der Waals surface area contributed by atoms with Crippen LogP contribution < -0.4 is 0 Å². The van der Waals surface area contributed by atoms with Crippen LogP contribution in [0.15, 0.2) is 65.8 Å². The van der Waals surface area contributed by atoms with Crippen molar-refractivity contribution in [3.8, 4) is 0 Å². The molecule has 1 aromatic heterocycles. The van der Waals surface area contributed by atoms with Crippen LogP contribution in [0.3, 0.4) is 0 Å². The average Bonchev–Trinajstić information content (AvgIpc) is 2.22. The Morgan fingerprint density at radius 2 is 1.29 bits per heavy atom. The van der Waals surface area contributed by atoms with Crippen LogP contribution in [-0.4, -0.2) is 4.98 Å². The Hall–Kier alpha value is -0.761. The molecule has 0 fully saturated rings. The molecule has 2 rings (SSSR count). The maximum atomic E-state index is 4.08. The second kappa shape index (κ2) is 8.82. The summed E-state index contributed by atoms with van der Waals surface area (Å²) in [6.45, 7) is 0. The van der Waals surface area contributed by atoms with E-state index in [9.17, 15) is 0 Å². The van der Waals surface area contributed by atoms with Gasteiger partial charge in [-0.25, -0.2) is 0 Å². The van der Waals surface area contributed by atoms with Crippen LogP contribution in [0.25, 0.3) is 0 Å². The molecule has 0 aliphatic carbocycles. The molecule has 0 amide bonds. The first kappa shape index (κ1) is 13.2. The Bertz CT molecular complexity index is 286. The van der Waals surface area contributed by atoms with Crippen molar-refractivity contribution in [1.82, 2.24) is 4.98 Å². The molecule has 0 saturated carbocycles. The summed E-state index contributed by atoms with van der Waals surface area (Å²) in [7, 11) is 0. The summed E-state index contributed by atoms with van der Waals surface area (Å²) in [4.78, 5) is 4.80. The zero-order valence-corrected chi connectivity index (χ0v) is 9.31. The van der Waals surface area contributed by atoms with E-state index in [2.05, 4.69) is 17.6 Å². The molecule has 0 aliphatic rings. The van der Waals surface area contributed by atoms with Crippen molar-refractivity contribution in [2.75, 3.05) is 0 Å². The number of nitrogens with zero attached hydrogens (tertiary/aromatic N) is 1. The van der Waals surface area contributed by atoms with Crippen molar-refractivity contribution >= 4 is 12.6 Å². The van der Waals surface area contributed by atoms with E-state index in [1.807, 2.05) is 48.5 Å². The van der Waals surface area contributed by atoms with Gasteiger partial charge in [-0.2, -0.15) is 0 Å². The number of aromatic nitrogens is 1. The molecule has 0 unspecified atom stereocenters. The van der Waals surface area contributed by atoms with E-state index < -0.39 is 0 Å². The number of pyridine rings is 1. The first-order valence-corrected chi connectivity index (χ1v) is 4.43. The van der Waals surface area contributed by atoms with Gasteiger partial charge in [0.05, 0.1) is 0 Å². The van der Waals surface area contributed by atoms with E-state index in [4.69, 9.17) is 0 Å². The monoisotopic (exact) mass is 252 g/mol. The minimum atomic E-state index is 0. The molecule has 0 aliphatic heterocycles. The normalized spacial score (nSPS) is 7.79. The average molecular weight is 253 g/mol. The predicted octanol–water partition coefficient (Wildman–Crippen LogP) is 3.05. The SMILES string of the molecule is Sc1ccccc1.[Cu].c1ccncc1. The van der Waals surface area contributed by atoms with E-state index in [-0.39, 0.29) is 17.1 Å². The summed E-state index contributed by atoms with van der Waals surface area (Å²) in [6, 6.07) is 15.5. The summed E-state index contributed by atoms with van der Waals surface area (Å²) in [5, 5.41) is 0. The molecule has 1 radical (unpaired) electrons. The minimum absolute atomic E-state index is 0. The molecule has 14 heavy (non-hydrogen) atoms. The van der Waals surface area contributed by atoms with Crippen molar-refractivity contribution in [3.63, 3.8) is 0 Å². The van der Waals surface area contributed by atoms with Gasteiger partial charge in [0.15, 0.2) is 0 Å². The molecule has 0 saturated heterocycles. The maximum absolute atomic E-state index is 4.08. The topological polar surface area (TPSA) is 12.9 Å². The fraction of sp³-hybridized carbons (Fsp3) is 0. The van der Waals surface area contributed by atoms with Crippen LogP contribution in [-0.2, 0) is 17.1 Å². The van der Waals surface area contributed by atoms with Crippen LogP contribution in [0.5, 0.6) is 0 Å². The Morgan fingerprint density at radius 1 is 0.786 bits per heavy atom. The summed E-state index contributed by atoms with van der Waals surface area (Å²) in [5.41, 5.74) is 0. The van der Waals surface area contributed by atoms with Gasteiger partial charge < -0.3 is 0 Å². The van der Waals surface area contributed by atoms with Gasteiger partial charge in [-0.05, 0) is 24.3 Å². The number of thiol groups is 1. The van der Waals surface area contributed by atoms with Gasteiger partial charge in [-0.3, -0.25) is 4.98 Å². The zero-order chi connectivity index (χ0) is 9.36. The minimum Gasteiger partial charge on any atom is -0.265 e. The van der Waals surface area contributed by atoms with E-state index in [0.29, 0.717) is 0 Å². The van der Waals surface area contributed by atoms with Crippen LogP contribution in [0.4, 0.5) is 0 Å². The third-order valence-corrected chi connectivity index (χ3v) is 1.62. The molecule has 77 valence electrons. The molecule has 0 N–H and O–H groups in total. The summed E-state index contributed by atoms with van der Waals surface area (Å²) < 4.78 is 0. The first-order chi connectivity index (χ1) is 6.39. The smallest absolute Gasteiger partial charge is 0.0267 e. The number of rotatable bonds is 0. The predicted molar refractivity (Wildman–Crippen MR) is 57.9 cm³/mol. The Morgan fingerprint density at radius 3 is 1.50 bits per heavy atom. The number of benzene rings is 1. The van der Waals surface area contributed by atoms with Crippen LogP contribution in [0.2, 0.25) is 0 Å². The Balaban J connectivity index is 0.000000227. The second-order valence-electron chi connectivity index (χ2n) is 2.36. The van der Waals surface area contributed by atoms with Gasteiger partial charge in [0.2, 0.25) is 0 Å².